The minimum Gasteiger partial charge on any atom is -0.444 e. The minimum atomic E-state index is -0.799. The number of alkyl carbamates (subject to hydrolysis) is 1. The average Bonchev–Trinajstić information content (AvgIpc) is 3.15. The number of Topliss-reactive ketones (excluding diaryl/α,β-unsaturated/α-hetero) is 1. The zero-order valence-corrected chi connectivity index (χ0v) is 13.4. The van der Waals surface area contributed by atoms with Gasteiger partial charge in [0.2, 0.25) is 0 Å². The molecule has 0 aliphatic carbocycles. The van der Waals surface area contributed by atoms with E-state index in [4.69, 9.17) is 9.47 Å². The van der Waals surface area contributed by atoms with Crippen molar-refractivity contribution in [2.24, 2.45) is 0 Å². The summed E-state index contributed by atoms with van der Waals surface area (Å²) >= 11 is 0. The van der Waals surface area contributed by atoms with Crippen LogP contribution in [0, 0.1) is 0 Å². The second kappa shape index (κ2) is 6.04. The Morgan fingerprint density at radius 3 is 2.50 bits per heavy atom. The summed E-state index contributed by atoms with van der Waals surface area (Å²) in [5.74, 6) is -0.143. The van der Waals surface area contributed by atoms with Crippen LogP contribution in [-0.4, -0.2) is 40.7 Å². The molecule has 2 rings (SSSR count). The first-order valence-electron chi connectivity index (χ1n) is 7.26. The number of pyridine rings is 1. The topological polar surface area (TPSA) is 80.8 Å². The van der Waals surface area contributed by atoms with Gasteiger partial charge in [0, 0.05) is 18.8 Å². The van der Waals surface area contributed by atoms with E-state index in [-0.39, 0.29) is 5.78 Å². The molecule has 22 heavy (non-hydrogen) atoms. The van der Waals surface area contributed by atoms with E-state index < -0.39 is 23.3 Å². The molecule has 1 aliphatic rings. The van der Waals surface area contributed by atoms with Gasteiger partial charge in [0.05, 0.1) is 12.6 Å². The van der Waals surface area contributed by atoms with Crippen molar-refractivity contribution in [1.82, 2.24) is 10.3 Å². The molecular weight excluding hydrogens is 284 g/mol. The van der Waals surface area contributed by atoms with E-state index in [2.05, 4.69) is 10.3 Å². The standard InChI is InChI=1S/C16H22N2O4/c1-15(2,3)22-14(20)18-12(13(19)16(4)10-21-16)9-11-5-7-17-8-6-11/h5-8,12H,9-10H2,1-4H3,(H,18,20)/t12-,16+/m0/s1. The molecule has 6 nitrogen and oxygen atoms in total. The minimum absolute atomic E-state index is 0.143. The van der Waals surface area contributed by atoms with Crippen molar-refractivity contribution in [1.29, 1.82) is 0 Å². The predicted molar refractivity (Wildman–Crippen MR) is 80.5 cm³/mol. The first kappa shape index (κ1) is 16.4. The highest BCUT2D eigenvalue weighted by atomic mass is 16.6. The number of hydrogen-bond acceptors (Lipinski definition) is 5. The Hall–Kier alpha value is -1.95. The maximum atomic E-state index is 12.5. The summed E-state index contributed by atoms with van der Waals surface area (Å²) in [5, 5.41) is 2.66. The second-order valence-corrected chi connectivity index (χ2v) is 6.64. The normalized spacial score (nSPS) is 21.8. The molecule has 0 unspecified atom stereocenters. The lowest BCUT2D eigenvalue weighted by Crippen LogP contribution is -2.48. The monoisotopic (exact) mass is 306 g/mol. The van der Waals surface area contributed by atoms with Crippen molar-refractivity contribution in [3.63, 3.8) is 0 Å². The lowest BCUT2D eigenvalue weighted by molar-refractivity contribution is -0.125. The van der Waals surface area contributed by atoms with Gasteiger partial charge in [0.15, 0.2) is 5.78 Å². The van der Waals surface area contributed by atoms with Gasteiger partial charge in [-0.25, -0.2) is 4.79 Å². The fourth-order valence-electron chi connectivity index (χ4n) is 2.03. The molecule has 2 atom stereocenters. The van der Waals surface area contributed by atoms with Crippen molar-refractivity contribution in [3.8, 4) is 0 Å². The number of nitrogens with zero attached hydrogens (tertiary/aromatic N) is 1. The summed E-state index contributed by atoms with van der Waals surface area (Å²) in [5.41, 5.74) is -0.505. The third-order valence-electron chi connectivity index (χ3n) is 3.30. The molecule has 0 radical (unpaired) electrons. The molecule has 1 aliphatic heterocycles. The second-order valence-electron chi connectivity index (χ2n) is 6.64. The van der Waals surface area contributed by atoms with E-state index in [1.807, 2.05) is 12.1 Å². The molecule has 1 fully saturated rings. The molecule has 120 valence electrons. The number of rotatable bonds is 5. The number of aromatic nitrogens is 1. The fourth-order valence-corrected chi connectivity index (χ4v) is 2.03. The number of carbonyl (C=O) groups is 2. The number of hydrogen-bond donors (Lipinski definition) is 1. The molecule has 1 aromatic heterocycles. The lowest BCUT2D eigenvalue weighted by atomic mass is 9.95. The number of carbonyl (C=O) groups excluding carboxylic acids is 2. The molecular formula is C16H22N2O4. The zero-order chi connectivity index (χ0) is 16.4. The highest BCUT2D eigenvalue weighted by Gasteiger charge is 2.50. The van der Waals surface area contributed by atoms with Crippen LogP contribution in [0.25, 0.3) is 0 Å². The van der Waals surface area contributed by atoms with Crippen molar-refractivity contribution in [3.05, 3.63) is 30.1 Å². The predicted octanol–water partition coefficient (Wildman–Crippen LogP) is 1.88. The molecule has 1 aromatic rings. The molecule has 0 bridgehead atoms. The number of ketones is 1. The van der Waals surface area contributed by atoms with E-state index in [1.165, 1.54) is 0 Å². The van der Waals surface area contributed by atoms with Crippen molar-refractivity contribution >= 4 is 11.9 Å². The Balaban J connectivity index is 2.08. The van der Waals surface area contributed by atoms with Gasteiger partial charge in [-0.15, -0.1) is 0 Å². The van der Waals surface area contributed by atoms with Crippen LogP contribution in [0.1, 0.15) is 33.3 Å². The lowest BCUT2D eigenvalue weighted by Gasteiger charge is -2.24. The molecule has 1 saturated heterocycles. The summed E-state index contributed by atoms with van der Waals surface area (Å²) in [6, 6.07) is 2.94. The number of epoxide rings is 1. The number of ether oxygens (including phenoxy) is 2. The third-order valence-corrected chi connectivity index (χ3v) is 3.30. The average molecular weight is 306 g/mol. The molecule has 2 heterocycles. The summed E-state index contributed by atoms with van der Waals surface area (Å²) in [7, 11) is 0. The summed E-state index contributed by atoms with van der Waals surface area (Å²) in [4.78, 5) is 28.4. The van der Waals surface area contributed by atoms with Gasteiger partial charge in [0.25, 0.3) is 0 Å². The summed E-state index contributed by atoms with van der Waals surface area (Å²) < 4.78 is 10.4. The maximum Gasteiger partial charge on any atom is 0.408 e. The van der Waals surface area contributed by atoms with Gasteiger partial charge >= 0.3 is 6.09 Å². The third kappa shape index (κ3) is 4.53. The molecule has 0 spiro atoms. The van der Waals surface area contributed by atoms with Crippen LogP contribution in [-0.2, 0) is 20.7 Å². The Morgan fingerprint density at radius 1 is 1.41 bits per heavy atom. The van der Waals surface area contributed by atoms with Gasteiger partial charge in [-0.2, -0.15) is 0 Å². The Bertz CT molecular complexity index is 547. The quantitative estimate of drug-likeness (QED) is 0.840. The number of nitrogens with one attached hydrogen (secondary N) is 1. The van der Waals surface area contributed by atoms with Crippen LogP contribution in [0.5, 0.6) is 0 Å². The SMILES string of the molecule is CC(C)(C)OC(=O)N[C@@H](Cc1ccncc1)C(=O)[C@@]1(C)CO1. The van der Waals surface area contributed by atoms with Crippen LogP contribution < -0.4 is 5.32 Å². The van der Waals surface area contributed by atoms with Crippen LogP contribution in [0.3, 0.4) is 0 Å². The fraction of sp³-hybridized carbons (Fsp3) is 0.562. The van der Waals surface area contributed by atoms with E-state index >= 15 is 0 Å². The van der Waals surface area contributed by atoms with Gasteiger partial charge in [0.1, 0.15) is 11.2 Å². The van der Waals surface area contributed by atoms with Gasteiger partial charge < -0.3 is 14.8 Å². The zero-order valence-electron chi connectivity index (χ0n) is 13.4. The van der Waals surface area contributed by atoms with E-state index in [0.717, 1.165) is 5.56 Å². The Morgan fingerprint density at radius 2 is 2.00 bits per heavy atom. The Labute approximate surface area is 130 Å². The van der Waals surface area contributed by atoms with Gasteiger partial charge in [-0.05, 0) is 45.4 Å². The van der Waals surface area contributed by atoms with E-state index in [0.29, 0.717) is 13.0 Å². The smallest absolute Gasteiger partial charge is 0.408 e. The van der Waals surface area contributed by atoms with Crippen molar-refractivity contribution in [2.45, 2.75) is 51.4 Å². The molecule has 1 amide bonds. The number of amides is 1. The van der Waals surface area contributed by atoms with Crippen LogP contribution >= 0.6 is 0 Å². The Kier molecular flexibility index (Phi) is 4.51. The van der Waals surface area contributed by atoms with E-state index in [1.54, 1.807) is 40.1 Å². The van der Waals surface area contributed by atoms with Crippen molar-refractivity contribution < 1.29 is 19.1 Å². The van der Waals surface area contributed by atoms with E-state index in [9.17, 15) is 9.59 Å². The van der Waals surface area contributed by atoms with Gasteiger partial charge in [-0.1, -0.05) is 0 Å². The maximum absolute atomic E-state index is 12.5. The van der Waals surface area contributed by atoms with Crippen LogP contribution in [0.15, 0.2) is 24.5 Å². The molecule has 0 aromatic carbocycles. The van der Waals surface area contributed by atoms with Crippen LogP contribution in [0.2, 0.25) is 0 Å². The first-order valence-corrected chi connectivity index (χ1v) is 7.26. The van der Waals surface area contributed by atoms with Crippen LogP contribution in [0.4, 0.5) is 4.79 Å². The summed E-state index contributed by atoms with van der Waals surface area (Å²) in [6.07, 6.45) is 3.07. The molecule has 6 heteroatoms. The molecule has 1 N–H and O–H groups in total. The summed E-state index contributed by atoms with van der Waals surface area (Å²) in [6.45, 7) is 7.44. The van der Waals surface area contributed by atoms with Gasteiger partial charge in [-0.3, -0.25) is 9.78 Å². The highest BCUT2D eigenvalue weighted by Crippen LogP contribution is 2.29. The van der Waals surface area contributed by atoms with Crippen molar-refractivity contribution in [2.75, 3.05) is 6.61 Å². The largest absolute Gasteiger partial charge is 0.444 e. The molecule has 0 saturated carbocycles. The first-order chi connectivity index (χ1) is 10.2. The highest BCUT2D eigenvalue weighted by molar-refractivity contribution is 5.96.